The normalized spacial score (nSPS) is 23.1. The first-order chi connectivity index (χ1) is 10.1. The quantitative estimate of drug-likeness (QED) is 0.836. The maximum Gasteiger partial charge on any atom is 0.227 e. The Morgan fingerprint density at radius 3 is 2.57 bits per heavy atom. The van der Waals surface area contributed by atoms with Crippen molar-refractivity contribution in [2.24, 2.45) is 17.8 Å². The molecule has 3 atom stereocenters. The van der Waals surface area contributed by atoms with Gasteiger partial charge in [-0.25, -0.2) is 0 Å². The molecule has 21 heavy (non-hydrogen) atoms. The lowest BCUT2D eigenvalue weighted by Gasteiger charge is -2.33. The fourth-order valence-electron chi connectivity index (χ4n) is 3.23. The molecular weight excluding hydrogens is 262 g/mol. The zero-order chi connectivity index (χ0) is 15.2. The van der Waals surface area contributed by atoms with E-state index in [2.05, 4.69) is 11.9 Å². The highest BCUT2D eigenvalue weighted by molar-refractivity contribution is 5.95. The van der Waals surface area contributed by atoms with Crippen LogP contribution in [0.3, 0.4) is 0 Å². The zero-order valence-corrected chi connectivity index (χ0v) is 12.5. The van der Waals surface area contributed by atoms with Crippen molar-refractivity contribution in [2.75, 3.05) is 5.32 Å². The van der Waals surface area contributed by atoms with Gasteiger partial charge >= 0.3 is 0 Å². The molecule has 1 N–H and O–H groups in total. The summed E-state index contributed by atoms with van der Waals surface area (Å²) in [5.41, 5.74) is 0.803. The van der Waals surface area contributed by atoms with E-state index in [0.717, 1.165) is 31.4 Å². The Kier molecular flexibility index (Phi) is 5.32. The summed E-state index contributed by atoms with van der Waals surface area (Å²) in [6.45, 7) is 5.52. The van der Waals surface area contributed by atoms with Gasteiger partial charge in [-0.2, -0.15) is 0 Å². The highest BCUT2D eigenvalue weighted by Crippen LogP contribution is 2.36. The molecule has 1 aliphatic carbocycles. The molecule has 1 aromatic carbocycles. The van der Waals surface area contributed by atoms with E-state index in [1.165, 1.54) is 6.08 Å². The topological polar surface area (TPSA) is 46.2 Å². The van der Waals surface area contributed by atoms with Gasteiger partial charge in [-0.1, -0.05) is 44.5 Å². The number of carbonyl (C=O) groups excluding carboxylic acids is 2. The number of ketones is 1. The standard InChI is InChI=1S/C18H23NO2/c1-3-17(20)16-12-8-7-11-15(16)13(2)18(21)19-14-9-5-4-6-10-14/h3-6,9-10,13,15-16H,1,7-8,11-12H2,2H3,(H,19,21). The maximum absolute atomic E-state index is 12.4. The van der Waals surface area contributed by atoms with Crippen LogP contribution in [0.1, 0.15) is 32.6 Å². The molecule has 0 aromatic heterocycles. The summed E-state index contributed by atoms with van der Waals surface area (Å²) >= 11 is 0. The number of allylic oxidation sites excluding steroid dienone is 1. The zero-order valence-electron chi connectivity index (χ0n) is 12.5. The number of hydrogen-bond donors (Lipinski definition) is 1. The first-order valence-electron chi connectivity index (χ1n) is 7.65. The maximum atomic E-state index is 12.4. The molecule has 1 fully saturated rings. The van der Waals surface area contributed by atoms with E-state index in [1.807, 2.05) is 37.3 Å². The Labute approximate surface area is 126 Å². The van der Waals surface area contributed by atoms with E-state index in [9.17, 15) is 9.59 Å². The number of amides is 1. The summed E-state index contributed by atoms with van der Waals surface area (Å²) in [6.07, 6.45) is 5.37. The van der Waals surface area contributed by atoms with E-state index in [1.54, 1.807) is 0 Å². The summed E-state index contributed by atoms with van der Waals surface area (Å²) in [7, 11) is 0. The summed E-state index contributed by atoms with van der Waals surface area (Å²) < 4.78 is 0. The lowest BCUT2D eigenvalue weighted by Crippen LogP contribution is -2.36. The minimum Gasteiger partial charge on any atom is -0.326 e. The minimum atomic E-state index is -0.167. The molecule has 0 saturated heterocycles. The van der Waals surface area contributed by atoms with Crippen LogP contribution in [0.25, 0.3) is 0 Å². The molecule has 1 saturated carbocycles. The highest BCUT2D eigenvalue weighted by Gasteiger charge is 2.35. The molecule has 1 aliphatic rings. The van der Waals surface area contributed by atoms with Crippen molar-refractivity contribution in [3.8, 4) is 0 Å². The van der Waals surface area contributed by atoms with Gasteiger partial charge in [0, 0.05) is 17.5 Å². The van der Waals surface area contributed by atoms with Crippen molar-refractivity contribution < 1.29 is 9.59 Å². The van der Waals surface area contributed by atoms with Crippen molar-refractivity contribution >= 4 is 17.4 Å². The van der Waals surface area contributed by atoms with Crippen LogP contribution >= 0.6 is 0 Å². The van der Waals surface area contributed by atoms with Gasteiger partial charge in [-0.15, -0.1) is 0 Å². The predicted molar refractivity (Wildman–Crippen MR) is 84.9 cm³/mol. The lowest BCUT2D eigenvalue weighted by molar-refractivity contribution is -0.126. The van der Waals surface area contributed by atoms with Gasteiger partial charge in [-0.05, 0) is 37.0 Å². The van der Waals surface area contributed by atoms with E-state index >= 15 is 0 Å². The van der Waals surface area contributed by atoms with Crippen molar-refractivity contribution in [1.29, 1.82) is 0 Å². The number of rotatable bonds is 5. The van der Waals surface area contributed by atoms with E-state index < -0.39 is 0 Å². The second-order valence-electron chi connectivity index (χ2n) is 5.81. The van der Waals surface area contributed by atoms with Gasteiger partial charge in [0.25, 0.3) is 0 Å². The molecule has 3 unspecified atom stereocenters. The van der Waals surface area contributed by atoms with Gasteiger partial charge < -0.3 is 5.32 Å². The van der Waals surface area contributed by atoms with Gasteiger partial charge in [-0.3, -0.25) is 9.59 Å². The Morgan fingerprint density at radius 1 is 1.24 bits per heavy atom. The average molecular weight is 285 g/mol. The Balaban J connectivity index is 2.05. The highest BCUT2D eigenvalue weighted by atomic mass is 16.2. The monoisotopic (exact) mass is 285 g/mol. The summed E-state index contributed by atoms with van der Waals surface area (Å²) in [6, 6.07) is 9.45. The molecule has 0 aliphatic heterocycles. The molecule has 0 heterocycles. The van der Waals surface area contributed by atoms with Gasteiger partial charge in [0.2, 0.25) is 5.91 Å². The number of hydrogen-bond acceptors (Lipinski definition) is 2. The first kappa shape index (κ1) is 15.5. The third-order valence-corrected chi connectivity index (χ3v) is 4.48. The first-order valence-corrected chi connectivity index (χ1v) is 7.65. The third kappa shape index (κ3) is 3.81. The molecule has 3 nitrogen and oxygen atoms in total. The summed E-state index contributed by atoms with van der Waals surface area (Å²) in [5.74, 6) is -0.0193. The molecule has 0 radical (unpaired) electrons. The van der Waals surface area contributed by atoms with E-state index in [-0.39, 0.29) is 29.4 Å². The number of anilines is 1. The minimum absolute atomic E-state index is 0.00466. The Hall–Kier alpha value is -1.90. The van der Waals surface area contributed by atoms with Crippen LogP contribution in [-0.2, 0) is 9.59 Å². The van der Waals surface area contributed by atoms with Crippen molar-refractivity contribution in [3.05, 3.63) is 43.0 Å². The fraction of sp³-hybridized carbons (Fsp3) is 0.444. The van der Waals surface area contributed by atoms with Crippen LogP contribution in [0.5, 0.6) is 0 Å². The SMILES string of the molecule is C=CC(=O)C1CCCCC1C(C)C(=O)Nc1ccccc1. The van der Waals surface area contributed by atoms with E-state index in [4.69, 9.17) is 0 Å². The van der Waals surface area contributed by atoms with Gasteiger partial charge in [0.15, 0.2) is 5.78 Å². The van der Waals surface area contributed by atoms with Crippen LogP contribution in [0, 0.1) is 17.8 Å². The molecule has 1 aromatic rings. The summed E-state index contributed by atoms with van der Waals surface area (Å²) in [5, 5.41) is 2.94. The number of para-hydroxylation sites is 1. The number of benzene rings is 1. The molecule has 3 heteroatoms. The van der Waals surface area contributed by atoms with Crippen molar-refractivity contribution in [1.82, 2.24) is 0 Å². The fourth-order valence-corrected chi connectivity index (χ4v) is 3.23. The molecule has 0 spiro atoms. The van der Waals surface area contributed by atoms with Crippen molar-refractivity contribution in [2.45, 2.75) is 32.6 Å². The summed E-state index contributed by atoms with van der Waals surface area (Å²) in [4.78, 5) is 24.4. The predicted octanol–water partition coefficient (Wildman–Crippen LogP) is 3.82. The number of nitrogens with one attached hydrogen (secondary N) is 1. The van der Waals surface area contributed by atoms with Crippen LogP contribution in [-0.4, -0.2) is 11.7 Å². The third-order valence-electron chi connectivity index (χ3n) is 4.48. The lowest BCUT2D eigenvalue weighted by atomic mass is 9.71. The Morgan fingerprint density at radius 2 is 1.90 bits per heavy atom. The van der Waals surface area contributed by atoms with Crippen LogP contribution in [0.4, 0.5) is 5.69 Å². The Bertz CT molecular complexity index is 509. The largest absolute Gasteiger partial charge is 0.326 e. The van der Waals surface area contributed by atoms with Crippen LogP contribution < -0.4 is 5.32 Å². The van der Waals surface area contributed by atoms with Crippen LogP contribution in [0.15, 0.2) is 43.0 Å². The van der Waals surface area contributed by atoms with Crippen molar-refractivity contribution in [3.63, 3.8) is 0 Å². The second kappa shape index (κ2) is 7.21. The van der Waals surface area contributed by atoms with Gasteiger partial charge in [0.05, 0.1) is 0 Å². The molecule has 112 valence electrons. The second-order valence-corrected chi connectivity index (χ2v) is 5.81. The van der Waals surface area contributed by atoms with Crippen LogP contribution in [0.2, 0.25) is 0 Å². The molecule has 2 rings (SSSR count). The van der Waals surface area contributed by atoms with Gasteiger partial charge in [0.1, 0.15) is 0 Å². The smallest absolute Gasteiger partial charge is 0.227 e. The molecule has 0 bridgehead atoms. The average Bonchev–Trinajstić information content (AvgIpc) is 2.54. The van der Waals surface area contributed by atoms with E-state index in [0.29, 0.717) is 0 Å². The molecule has 1 amide bonds. The molecular formula is C18H23NO2. The number of carbonyl (C=O) groups is 2.